The normalized spacial score (nSPS) is 10.6. The maximum Gasteiger partial charge on any atom is 0.272 e. The van der Waals surface area contributed by atoms with E-state index in [9.17, 15) is 20.0 Å². The number of amides is 1. The molecule has 0 aliphatic heterocycles. The van der Waals surface area contributed by atoms with E-state index in [1.54, 1.807) is 12.1 Å². The Morgan fingerprint density at radius 1 is 1.45 bits per heavy atom. The molecular weight excluding hydrogens is 356 g/mol. The van der Waals surface area contributed by atoms with E-state index in [4.69, 9.17) is 0 Å². The number of aromatic nitrogens is 1. The largest absolute Gasteiger partial charge is 0.871 e. The number of benzene rings is 1. The molecule has 0 spiro atoms. The Morgan fingerprint density at radius 3 is 2.86 bits per heavy atom. The molecule has 22 heavy (non-hydrogen) atoms. The number of nitro groups is 1. The minimum absolute atomic E-state index is 0.0208. The number of carbonyl (C=O) groups excluding carboxylic acids is 1. The van der Waals surface area contributed by atoms with Crippen LogP contribution in [0.5, 0.6) is 5.75 Å². The van der Waals surface area contributed by atoms with Gasteiger partial charge in [-0.1, -0.05) is 21.7 Å². The fourth-order valence-electron chi connectivity index (χ4n) is 1.52. The highest BCUT2D eigenvalue weighted by molar-refractivity contribution is 9.10. The number of halogens is 1. The number of non-ortho nitro benzene ring substituents is 1. The zero-order valence-electron chi connectivity index (χ0n) is 10.9. The molecule has 112 valence electrons. The number of nitro benzene ring substituents is 1. The molecule has 1 aromatic carbocycles. The number of hydrazone groups is 1. The van der Waals surface area contributed by atoms with Gasteiger partial charge in [-0.05, 0) is 17.7 Å². The number of nitrogens with one attached hydrogen (secondary N) is 1. The second-order valence-electron chi connectivity index (χ2n) is 4.04. The number of carbonyl (C=O) groups is 1. The molecular formula is C13H8BrN4O4-. The van der Waals surface area contributed by atoms with Gasteiger partial charge >= 0.3 is 0 Å². The van der Waals surface area contributed by atoms with Gasteiger partial charge in [-0.15, -0.1) is 0 Å². The van der Waals surface area contributed by atoms with Gasteiger partial charge in [0.25, 0.3) is 11.6 Å². The summed E-state index contributed by atoms with van der Waals surface area (Å²) in [5.41, 5.74) is 2.22. The van der Waals surface area contributed by atoms with Gasteiger partial charge in [0.1, 0.15) is 0 Å². The van der Waals surface area contributed by atoms with Crippen LogP contribution in [-0.4, -0.2) is 22.0 Å². The molecule has 8 nitrogen and oxygen atoms in total. The molecule has 0 bridgehead atoms. The summed E-state index contributed by atoms with van der Waals surface area (Å²) in [4.78, 5) is 25.6. The van der Waals surface area contributed by atoms with Crippen molar-refractivity contribution in [1.29, 1.82) is 0 Å². The number of hydrogen-bond donors (Lipinski definition) is 1. The summed E-state index contributed by atoms with van der Waals surface area (Å²) in [6.07, 6.45) is 3.92. The molecule has 2 aromatic rings. The van der Waals surface area contributed by atoms with Crippen LogP contribution in [0.1, 0.15) is 15.9 Å². The monoisotopic (exact) mass is 363 g/mol. The Morgan fingerprint density at radius 2 is 2.23 bits per heavy atom. The Hall–Kier alpha value is -2.81. The smallest absolute Gasteiger partial charge is 0.272 e. The molecule has 2 rings (SSSR count). The molecule has 0 aliphatic rings. The van der Waals surface area contributed by atoms with Crippen LogP contribution in [0.25, 0.3) is 0 Å². The number of rotatable bonds is 4. The quantitative estimate of drug-likeness (QED) is 0.502. The zero-order valence-corrected chi connectivity index (χ0v) is 12.5. The molecule has 1 N–H and O–H groups in total. The van der Waals surface area contributed by atoms with Crippen LogP contribution in [0.2, 0.25) is 0 Å². The minimum Gasteiger partial charge on any atom is -0.871 e. The van der Waals surface area contributed by atoms with E-state index in [2.05, 4.69) is 31.4 Å². The van der Waals surface area contributed by atoms with Gasteiger partial charge in [0.15, 0.2) is 0 Å². The molecule has 1 heterocycles. The Bertz CT molecular complexity index is 749. The van der Waals surface area contributed by atoms with Gasteiger partial charge < -0.3 is 5.11 Å². The van der Waals surface area contributed by atoms with E-state index in [1.165, 1.54) is 12.4 Å². The van der Waals surface area contributed by atoms with E-state index in [0.717, 1.165) is 18.3 Å². The fourth-order valence-corrected chi connectivity index (χ4v) is 1.99. The lowest BCUT2D eigenvalue weighted by molar-refractivity contribution is -0.385. The van der Waals surface area contributed by atoms with E-state index >= 15 is 0 Å². The summed E-state index contributed by atoms with van der Waals surface area (Å²) in [5.74, 6) is -0.980. The molecule has 0 saturated carbocycles. The first-order valence-corrected chi connectivity index (χ1v) is 6.66. The van der Waals surface area contributed by atoms with Crippen molar-refractivity contribution in [3.8, 4) is 5.75 Å². The van der Waals surface area contributed by atoms with Crippen LogP contribution in [0.4, 0.5) is 5.69 Å². The second kappa shape index (κ2) is 6.76. The molecule has 0 aliphatic carbocycles. The topological polar surface area (TPSA) is 121 Å². The second-order valence-corrected chi connectivity index (χ2v) is 4.90. The van der Waals surface area contributed by atoms with E-state index < -0.39 is 16.6 Å². The standard InChI is InChI=1S/C13H9BrN4O4/c14-11-5-10(18(21)22)4-9(12(11)19)7-16-17-13(20)8-2-1-3-15-6-8/h1-7,19H,(H,17,20)/p-1/b16-7+. The number of pyridine rings is 1. The van der Waals surface area contributed by atoms with Crippen LogP contribution < -0.4 is 10.5 Å². The van der Waals surface area contributed by atoms with Crippen molar-refractivity contribution >= 4 is 33.7 Å². The molecule has 1 aromatic heterocycles. The molecule has 0 fully saturated rings. The lowest BCUT2D eigenvalue weighted by Crippen LogP contribution is -2.17. The summed E-state index contributed by atoms with van der Waals surface area (Å²) in [7, 11) is 0. The molecule has 0 atom stereocenters. The minimum atomic E-state index is -0.629. The number of nitrogens with zero attached hydrogens (tertiary/aromatic N) is 3. The van der Waals surface area contributed by atoms with Crippen molar-refractivity contribution in [2.45, 2.75) is 0 Å². The van der Waals surface area contributed by atoms with Gasteiger partial charge in [-0.2, -0.15) is 5.10 Å². The molecule has 9 heteroatoms. The van der Waals surface area contributed by atoms with Crippen LogP contribution in [0, 0.1) is 10.1 Å². The van der Waals surface area contributed by atoms with Crippen molar-refractivity contribution < 1.29 is 14.8 Å². The molecule has 1 amide bonds. The average Bonchev–Trinajstić information content (AvgIpc) is 2.51. The summed E-state index contributed by atoms with van der Waals surface area (Å²) in [6, 6.07) is 5.31. The van der Waals surface area contributed by atoms with E-state index in [-0.39, 0.29) is 15.7 Å². The van der Waals surface area contributed by atoms with Crippen molar-refractivity contribution in [2.75, 3.05) is 0 Å². The van der Waals surface area contributed by atoms with Crippen molar-refractivity contribution in [3.05, 3.63) is 62.4 Å². The Kier molecular flexibility index (Phi) is 4.79. The average molecular weight is 364 g/mol. The third-order valence-electron chi connectivity index (χ3n) is 2.56. The van der Waals surface area contributed by atoms with Crippen molar-refractivity contribution in [1.82, 2.24) is 10.4 Å². The van der Waals surface area contributed by atoms with Crippen LogP contribution in [0.3, 0.4) is 0 Å². The first kappa shape index (κ1) is 15.6. The fraction of sp³-hybridized carbons (Fsp3) is 0. The Labute approximate surface area is 132 Å². The van der Waals surface area contributed by atoms with Gasteiger partial charge in [-0.3, -0.25) is 19.9 Å². The van der Waals surface area contributed by atoms with Crippen LogP contribution >= 0.6 is 15.9 Å². The molecule has 0 saturated heterocycles. The van der Waals surface area contributed by atoms with Crippen LogP contribution in [-0.2, 0) is 0 Å². The lowest BCUT2D eigenvalue weighted by atomic mass is 10.2. The van der Waals surface area contributed by atoms with Gasteiger partial charge in [-0.25, -0.2) is 5.43 Å². The highest BCUT2D eigenvalue weighted by Crippen LogP contribution is 2.29. The summed E-state index contributed by atoms with van der Waals surface area (Å²) < 4.78 is 0.0433. The summed E-state index contributed by atoms with van der Waals surface area (Å²) in [5, 5.41) is 26.2. The van der Waals surface area contributed by atoms with Crippen molar-refractivity contribution in [2.24, 2.45) is 5.10 Å². The SMILES string of the molecule is O=C(N/N=C/c1cc([N+](=O)[O-])cc(Br)c1[O-])c1cccnc1. The van der Waals surface area contributed by atoms with E-state index in [0.29, 0.717) is 5.56 Å². The maximum atomic E-state index is 11.8. The first-order valence-electron chi connectivity index (χ1n) is 5.87. The van der Waals surface area contributed by atoms with Gasteiger partial charge in [0.2, 0.25) is 0 Å². The van der Waals surface area contributed by atoms with Crippen LogP contribution in [0.15, 0.2) is 46.2 Å². The maximum absolute atomic E-state index is 11.8. The zero-order chi connectivity index (χ0) is 16.1. The van der Waals surface area contributed by atoms with Gasteiger partial charge in [0.05, 0.1) is 16.7 Å². The predicted molar refractivity (Wildman–Crippen MR) is 79.5 cm³/mol. The third kappa shape index (κ3) is 3.64. The summed E-state index contributed by atoms with van der Waals surface area (Å²) >= 11 is 2.95. The highest BCUT2D eigenvalue weighted by atomic mass is 79.9. The van der Waals surface area contributed by atoms with E-state index in [1.807, 2.05) is 0 Å². The number of hydrogen-bond acceptors (Lipinski definition) is 6. The highest BCUT2D eigenvalue weighted by Gasteiger charge is 2.09. The van der Waals surface area contributed by atoms with Gasteiger partial charge in [0, 0.05) is 29.0 Å². The Balaban J connectivity index is 2.17. The molecule has 0 unspecified atom stereocenters. The predicted octanol–water partition coefficient (Wildman–Crippen LogP) is 1.59. The van der Waals surface area contributed by atoms with Crippen molar-refractivity contribution in [3.63, 3.8) is 0 Å². The lowest BCUT2D eigenvalue weighted by Gasteiger charge is -2.12. The third-order valence-corrected chi connectivity index (χ3v) is 3.15. The summed E-state index contributed by atoms with van der Waals surface area (Å²) in [6.45, 7) is 0. The first-order chi connectivity index (χ1) is 10.5. The molecule has 0 radical (unpaired) electrons.